The molecule has 2 atom stereocenters. The van der Waals surface area contributed by atoms with Gasteiger partial charge in [0, 0.05) is 12.6 Å². The zero-order chi connectivity index (χ0) is 12.1. The van der Waals surface area contributed by atoms with Gasteiger partial charge in [0.15, 0.2) is 0 Å². The van der Waals surface area contributed by atoms with E-state index in [4.69, 9.17) is 0 Å². The highest BCUT2D eigenvalue weighted by atomic mass is 15.1. The molecule has 0 aromatic heterocycles. The van der Waals surface area contributed by atoms with Crippen LogP contribution in [0.25, 0.3) is 0 Å². The van der Waals surface area contributed by atoms with Gasteiger partial charge in [0.1, 0.15) is 0 Å². The fraction of sp³-hybridized carbons (Fsp3) is 1.00. The third kappa shape index (κ3) is 4.26. The lowest BCUT2D eigenvalue weighted by atomic mass is 9.84. The van der Waals surface area contributed by atoms with Gasteiger partial charge >= 0.3 is 0 Å². The van der Waals surface area contributed by atoms with E-state index in [2.05, 4.69) is 24.2 Å². The van der Waals surface area contributed by atoms with E-state index in [9.17, 15) is 0 Å². The SMILES string of the molecule is CC(NCC1CCCN(C)C1)C1CCCCC1. The van der Waals surface area contributed by atoms with Gasteiger partial charge < -0.3 is 10.2 Å². The van der Waals surface area contributed by atoms with E-state index in [1.165, 1.54) is 64.6 Å². The molecule has 0 amide bonds. The van der Waals surface area contributed by atoms with E-state index in [-0.39, 0.29) is 0 Å². The maximum atomic E-state index is 3.82. The van der Waals surface area contributed by atoms with Crippen LogP contribution in [-0.2, 0) is 0 Å². The van der Waals surface area contributed by atoms with Gasteiger partial charge in [-0.05, 0) is 64.6 Å². The molecule has 2 nitrogen and oxygen atoms in total. The average molecular weight is 238 g/mol. The van der Waals surface area contributed by atoms with Crippen LogP contribution < -0.4 is 5.32 Å². The summed E-state index contributed by atoms with van der Waals surface area (Å²) in [5.74, 6) is 1.84. The third-order valence-corrected chi connectivity index (χ3v) is 4.81. The zero-order valence-corrected chi connectivity index (χ0v) is 11.8. The Morgan fingerprint density at radius 1 is 1.12 bits per heavy atom. The van der Waals surface area contributed by atoms with Crippen molar-refractivity contribution in [1.82, 2.24) is 10.2 Å². The summed E-state index contributed by atoms with van der Waals surface area (Å²) in [6.45, 7) is 6.24. The fourth-order valence-electron chi connectivity index (χ4n) is 3.59. The normalized spacial score (nSPS) is 30.4. The minimum Gasteiger partial charge on any atom is -0.314 e. The summed E-state index contributed by atoms with van der Waals surface area (Å²) in [5, 5.41) is 3.82. The maximum Gasteiger partial charge on any atom is 0.00671 e. The maximum absolute atomic E-state index is 3.82. The van der Waals surface area contributed by atoms with Crippen LogP contribution in [0.4, 0.5) is 0 Å². The summed E-state index contributed by atoms with van der Waals surface area (Å²) in [6.07, 6.45) is 10.1. The predicted octanol–water partition coefficient (Wildman–Crippen LogP) is 2.89. The van der Waals surface area contributed by atoms with E-state index < -0.39 is 0 Å². The predicted molar refractivity (Wildman–Crippen MR) is 74.3 cm³/mol. The third-order valence-electron chi connectivity index (χ3n) is 4.81. The molecule has 2 rings (SSSR count). The van der Waals surface area contributed by atoms with Crippen LogP contribution in [0.1, 0.15) is 51.9 Å². The fourth-order valence-corrected chi connectivity index (χ4v) is 3.59. The quantitative estimate of drug-likeness (QED) is 0.810. The molecule has 2 fully saturated rings. The molecule has 0 spiro atoms. The number of nitrogens with one attached hydrogen (secondary N) is 1. The van der Waals surface area contributed by atoms with Gasteiger partial charge in [-0.15, -0.1) is 0 Å². The van der Waals surface area contributed by atoms with Crippen LogP contribution in [0, 0.1) is 11.8 Å². The lowest BCUT2D eigenvalue weighted by Crippen LogP contribution is -2.42. The molecular weight excluding hydrogens is 208 g/mol. The number of hydrogen-bond acceptors (Lipinski definition) is 2. The second kappa shape index (κ2) is 6.75. The highest BCUT2D eigenvalue weighted by Crippen LogP contribution is 2.26. The average Bonchev–Trinajstić information content (AvgIpc) is 2.37. The second-order valence-corrected chi connectivity index (χ2v) is 6.37. The highest BCUT2D eigenvalue weighted by molar-refractivity contribution is 4.79. The van der Waals surface area contributed by atoms with Gasteiger partial charge in [-0.25, -0.2) is 0 Å². The van der Waals surface area contributed by atoms with Crippen molar-refractivity contribution in [3.8, 4) is 0 Å². The Morgan fingerprint density at radius 2 is 1.88 bits per heavy atom. The van der Waals surface area contributed by atoms with Crippen LogP contribution >= 0.6 is 0 Å². The van der Waals surface area contributed by atoms with Crippen molar-refractivity contribution in [1.29, 1.82) is 0 Å². The van der Waals surface area contributed by atoms with Crippen molar-refractivity contribution in [2.24, 2.45) is 11.8 Å². The first-order valence-electron chi connectivity index (χ1n) is 7.67. The molecule has 1 saturated heterocycles. The first-order valence-corrected chi connectivity index (χ1v) is 7.67. The smallest absolute Gasteiger partial charge is 0.00671 e. The van der Waals surface area contributed by atoms with E-state index in [1.54, 1.807) is 0 Å². The van der Waals surface area contributed by atoms with Gasteiger partial charge in [0.05, 0.1) is 0 Å². The highest BCUT2D eigenvalue weighted by Gasteiger charge is 2.22. The standard InChI is InChI=1S/C15H30N2/c1-13(15-8-4-3-5-9-15)16-11-14-7-6-10-17(2)12-14/h13-16H,3-12H2,1-2H3. The molecule has 1 heterocycles. The van der Waals surface area contributed by atoms with Crippen LogP contribution in [0.3, 0.4) is 0 Å². The molecule has 0 aromatic carbocycles. The Bertz CT molecular complexity index is 211. The largest absolute Gasteiger partial charge is 0.314 e. The van der Waals surface area contributed by atoms with Crippen LogP contribution in [0.5, 0.6) is 0 Å². The Hall–Kier alpha value is -0.0800. The Kier molecular flexibility index (Phi) is 5.30. The molecular formula is C15H30N2. The lowest BCUT2D eigenvalue weighted by Gasteiger charge is -2.33. The molecule has 2 aliphatic rings. The van der Waals surface area contributed by atoms with Crippen molar-refractivity contribution >= 4 is 0 Å². The second-order valence-electron chi connectivity index (χ2n) is 6.37. The van der Waals surface area contributed by atoms with Crippen molar-refractivity contribution in [2.45, 2.75) is 57.9 Å². The summed E-state index contributed by atoms with van der Waals surface area (Å²) in [5.41, 5.74) is 0. The van der Waals surface area contributed by atoms with Gasteiger partial charge in [-0.3, -0.25) is 0 Å². The molecule has 2 heteroatoms. The van der Waals surface area contributed by atoms with Gasteiger partial charge in [0.2, 0.25) is 0 Å². The molecule has 0 bridgehead atoms. The number of nitrogens with zero attached hydrogens (tertiary/aromatic N) is 1. The van der Waals surface area contributed by atoms with Crippen LogP contribution in [-0.4, -0.2) is 37.6 Å². The van der Waals surface area contributed by atoms with Crippen molar-refractivity contribution < 1.29 is 0 Å². The number of piperidine rings is 1. The molecule has 0 radical (unpaired) electrons. The van der Waals surface area contributed by atoms with Gasteiger partial charge in [-0.2, -0.15) is 0 Å². The minimum absolute atomic E-state index is 0.738. The monoisotopic (exact) mass is 238 g/mol. The molecule has 0 aromatic rings. The summed E-state index contributed by atoms with van der Waals surface area (Å²) >= 11 is 0. The van der Waals surface area contributed by atoms with Crippen molar-refractivity contribution in [3.05, 3.63) is 0 Å². The minimum atomic E-state index is 0.738. The van der Waals surface area contributed by atoms with Gasteiger partial charge in [-0.1, -0.05) is 19.3 Å². The van der Waals surface area contributed by atoms with E-state index >= 15 is 0 Å². The molecule has 2 unspecified atom stereocenters. The molecule has 17 heavy (non-hydrogen) atoms. The summed E-state index contributed by atoms with van der Waals surface area (Å²) in [4.78, 5) is 2.49. The first-order chi connectivity index (χ1) is 8.25. The number of likely N-dealkylation sites (tertiary alicyclic amines) is 1. The molecule has 100 valence electrons. The molecule has 1 N–H and O–H groups in total. The molecule has 1 aliphatic carbocycles. The molecule has 1 aliphatic heterocycles. The van der Waals surface area contributed by atoms with Crippen molar-refractivity contribution in [3.63, 3.8) is 0 Å². The van der Waals surface area contributed by atoms with E-state index in [0.29, 0.717) is 0 Å². The van der Waals surface area contributed by atoms with E-state index in [1.807, 2.05) is 0 Å². The summed E-state index contributed by atoms with van der Waals surface area (Å²) in [6, 6.07) is 0.738. The Balaban J connectivity index is 1.66. The number of hydrogen-bond donors (Lipinski definition) is 1. The number of rotatable bonds is 4. The Labute approximate surface area is 107 Å². The van der Waals surface area contributed by atoms with Crippen LogP contribution in [0.2, 0.25) is 0 Å². The van der Waals surface area contributed by atoms with Crippen LogP contribution in [0.15, 0.2) is 0 Å². The van der Waals surface area contributed by atoms with Gasteiger partial charge in [0.25, 0.3) is 0 Å². The summed E-state index contributed by atoms with van der Waals surface area (Å²) < 4.78 is 0. The molecule has 1 saturated carbocycles. The van der Waals surface area contributed by atoms with E-state index in [0.717, 1.165) is 17.9 Å². The summed E-state index contributed by atoms with van der Waals surface area (Å²) in [7, 11) is 2.26. The lowest BCUT2D eigenvalue weighted by molar-refractivity contribution is 0.193. The first kappa shape index (κ1) is 13.4. The van der Waals surface area contributed by atoms with Crippen molar-refractivity contribution in [2.75, 3.05) is 26.7 Å². The topological polar surface area (TPSA) is 15.3 Å². The zero-order valence-electron chi connectivity index (χ0n) is 11.8. The Morgan fingerprint density at radius 3 is 2.59 bits per heavy atom.